The molecule has 1 aromatic rings. The minimum Gasteiger partial charge on any atom is -0.380 e. The van der Waals surface area contributed by atoms with E-state index in [1.165, 1.54) is 5.69 Å². The van der Waals surface area contributed by atoms with Crippen LogP contribution < -0.4 is 10.6 Å². The van der Waals surface area contributed by atoms with Crippen LogP contribution in [0.4, 0.5) is 5.69 Å². The first-order valence-corrected chi connectivity index (χ1v) is 6.39. The highest BCUT2D eigenvalue weighted by Crippen LogP contribution is 2.30. The molecule has 1 aliphatic heterocycles. The SMILES string of the molecule is COC1CCN(c2cccc(Cl)c2CCN)C1. The zero-order valence-electron chi connectivity index (χ0n) is 10.2. The summed E-state index contributed by atoms with van der Waals surface area (Å²) in [4.78, 5) is 2.34. The molecule has 1 heterocycles. The van der Waals surface area contributed by atoms with Gasteiger partial charge in [-0.3, -0.25) is 0 Å². The predicted molar refractivity (Wildman–Crippen MR) is 71.8 cm³/mol. The number of nitrogens with two attached hydrogens (primary N) is 1. The van der Waals surface area contributed by atoms with Crippen molar-refractivity contribution in [2.75, 3.05) is 31.6 Å². The molecule has 0 bridgehead atoms. The first-order valence-electron chi connectivity index (χ1n) is 6.01. The minimum atomic E-state index is 0.333. The topological polar surface area (TPSA) is 38.5 Å². The van der Waals surface area contributed by atoms with Crippen molar-refractivity contribution in [3.05, 3.63) is 28.8 Å². The van der Waals surface area contributed by atoms with Crippen LogP contribution in [0.15, 0.2) is 18.2 Å². The molecule has 0 spiro atoms. The van der Waals surface area contributed by atoms with Gasteiger partial charge in [0.1, 0.15) is 0 Å². The largest absolute Gasteiger partial charge is 0.380 e. The lowest BCUT2D eigenvalue weighted by atomic mass is 10.1. The van der Waals surface area contributed by atoms with Crippen LogP contribution in [-0.2, 0) is 11.2 Å². The summed E-state index contributed by atoms with van der Waals surface area (Å²) >= 11 is 6.24. The lowest BCUT2D eigenvalue weighted by Gasteiger charge is -2.22. The van der Waals surface area contributed by atoms with Crippen LogP contribution in [0.5, 0.6) is 0 Å². The van der Waals surface area contributed by atoms with E-state index in [1.807, 2.05) is 12.1 Å². The maximum Gasteiger partial charge on any atom is 0.0762 e. The molecule has 0 radical (unpaired) electrons. The maximum absolute atomic E-state index is 6.24. The smallest absolute Gasteiger partial charge is 0.0762 e. The molecule has 3 nitrogen and oxygen atoms in total. The van der Waals surface area contributed by atoms with Crippen LogP contribution in [0.1, 0.15) is 12.0 Å². The fraction of sp³-hybridized carbons (Fsp3) is 0.538. The monoisotopic (exact) mass is 254 g/mol. The van der Waals surface area contributed by atoms with Crippen molar-refractivity contribution in [3.63, 3.8) is 0 Å². The second-order valence-electron chi connectivity index (χ2n) is 4.37. The molecular formula is C13H19ClN2O. The molecule has 94 valence electrons. The summed E-state index contributed by atoms with van der Waals surface area (Å²) in [7, 11) is 1.77. The molecular weight excluding hydrogens is 236 g/mol. The molecule has 0 aromatic heterocycles. The Balaban J connectivity index is 2.23. The summed E-state index contributed by atoms with van der Waals surface area (Å²) < 4.78 is 5.39. The van der Waals surface area contributed by atoms with Gasteiger partial charge in [0, 0.05) is 30.9 Å². The first-order chi connectivity index (χ1) is 8.26. The van der Waals surface area contributed by atoms with Gasteiger partial charge in [-0.2, -0.15) is 0 Å². The average Bonchev–Trinajstić information content (AvgIpc) is 2.80. The Morgan fingerprint density at radius 3 is 3.00 bits per heavy atom. The van der Waals surface area contributed by atoms with E-state index >= 15 is 0 Å². The van der Waals surface area contributed by atoms with E-state index in [0.717, 1.165) is 36.5 Å². The molecule has 0 saturated carbocycles. The number of hydrogen-bond donors (Lipinski definition) is 1. The molecule has 2 rings (SSSR count). The molecule has 4 heteroatoms. The van der Waals surface area contributed by atoms with E-state index in [1.54, 1.807) is 7.11 Å². The van der Waals surface area contributed by atoms with Gasteiger partial charge < -0.3 is 15.4 Å². The zero-order valence-corrected chi connectivity index (χ0v) is 10.9. The number of nitrogens with zero attached hydrogens (tertiary/aromatic N) is 1. The number of halogens is 1. The lowest BCUT2D eigenvalue weighted by molar-refractivity contribution is 0.121. The van der Waals surface area contributed by atoms with E-state index in [2.05, 4.69) is 11.0 Å². The zero-order chi connectivity index (χ0) is 12.3. The van der Waals surface area contributed by atoms with Gasteiger partial charge in [0.2, 0.25) is 0 Å². The highest BCUT2D eigenvalue weighted by molar-refractivity contribution is 6.31. The van der Waals surface area contributed by atoms with Gasteiger partial charge in [0.15, 0.2) is 0 Å². The molecule has 0 aliphatic carbocycles. The van der Waals surface area contributed by atoms with E-state index in [0.29, 0.717) is 12.6 Å². The number of methoxy groups -OCH3 is 1. The van der Waals surface area contributed by atoms with Crippen LogP contribution in [0, 0.1) is 0 Å². The van der Waals surface area contributed by atoms with Gasteiger partial charge in [0.25, 0.3) is 0 Å². The summed E-state index contributed by atoms with van der Waals surface area (Å²) in [5.41, 5.74) is 8.02. The molecule has 0 amide bonds. The summed E-state index contributed by atoms with van der Waals surface area (Å²) in [6, 6.07) is 6.05. The van der Waals surface area contributed by atoms with Crippen molar-refractivity contribution in [2.24, 2.45) is 5.73 Å². The number of rotatable bonds is 4. The number of ether oxygens (including phenoxy) is 1. The van der Waals surface area contributed by atoms with Crippen molar-refractivity contribution in [2.45, 2.75) is 18.9 Å². The van der Waals surface area contributed by atoms with Gasteiger partial charge in [-0.05, 0) is 37.1 Å². The van der Waals surface area contributed by atoms with Crippen molar-refractivity contribution < 1.29 is 4.74 Å². The van der Waals surface area contributed by atoms with Gasteiger partial charge in [0.05, 0.1) is 6.10 Å². The summed E-state index contributed by atoms with van der Waals surface area (Å²) in [6.45, 7) is 2.59. The van der Waals surface area contributed by atoms with Gasteiger partial charge in [-0.25, -0.2) is 0 Å². The Morgan fingerprint density at radius 2 is 2.35 bits per heavy atom. The number of benzene rings is 1. The third-order valence-corrected chi connectivity index (χ3v) is 3.66. The first kappa shape index (κ1) is 12.7. The second-order valence-corrected chi connectivity index (χ2v) is 4.78. The Hall–Kier alpha value is -0.770. The Bertz CT molecular complexity index is 384. The fourth-order valence-corrected chi connectivity index (χ4v) is 2.64. The van der Waals surface area contributed by atoms with Gasteiger partial charge >= 0.3 is 0 Å². The lowest BCUT2D eigenvalue weighted by Crippen LogP contribution is -2.23. The standard InChI is InChI=1S/C13H19ClN2O/c1-17-10-6-8-16(9-10)13-4-2-3-12(14)11(13)5-7-15/h2-4,10H,5-9,15H2,1H3. The van der Waals surface area contributed by atoms with Crippen LogP contribution in [0.25, 0.3) is 0 Å². The van der Waals surface area contributed by atoms with Crippen LogP contribution in [0.2, 0.25) is 5.02 Å². The molecule has 2 N–H and O–H groups in total. The van der Waals surface area contributed by atoms with E-state index in [-0.39, 0.29) is 0 Å². The third-order valence-electron chi connectivity index (χ3n) is 3.31. The predicted octanol–water partition coefficient (Wildman–Crippen LogP) is 2.07. The normalized spacial score (nSPS) is 19.9. The van der Waals surface area contributed by atoms with Crippen molar-refractivity contribution in [3.8, 4) is 0 Å². The van der Waals surface area contributed by atoms with Gasteiger partial charge in [-0.1, -0.05) is 17.7 Å². The molecule has 1 aliphatic rings. The molecule has 1 aromatic carbocycles. The summed E-state index contributed by atoms with van der Waals surface area (Å²) in [6.07, 6.45) is 2.23. The Labute approximate surface area is 107 Å². The molecule has 1 fully saturated rings. The van der Waals surface area contributed by atoms with Crippen LogP contribution in [0.3, 0.4) is 0 Å². The minimum absolute atomic E-state index is 0.333. The van der Waals surface area contributed by atoms with Crippen molar-refractivity contribution in [1.82, 2.24) is 0 Å². The highest BCUT2D eigenvalue weighted by atomic mass is 35.5. The average molecular weight is 255 g/mol. The van der Waals surface area contributed by atoms with Crippen LogP contribution >= 0.6 is 11.6 Å². The number of hydrogen-bond acceptors (Lipinski definition) is 3. The molecule has 1 atom stereocenters. The Morgan fingerprint density at radius 1 is 1.53 bits per heavy atom. The number of anilines is 1. The second kappa shape index (κ2) is 5.71. The highest BCUT2D eigenvalue weighted by Gasteiger charge is 2.24. The maximum atomic E-state index is 6.24. The summed E-state index contributed by atoms with van der Waals surface area (Å²) in [5.74, 6) is 0. The van der Waals surface area contributed by atoms with E-state index in [9.17, 15) is 0 Å². The molecule has 1 saturated heterocycles. The third kappa shape index (κ3) is 2.73. The van der Waals surface area contributed by atoms with E-state index < -0.39 is 0 Å². The molecule has 17 heavy (non-hydrogen) atoms. The fourth-order valence-electron chi connectivity index (χ4n) is 2.37. The summed E-state index contributed by atoms with van der Waals surface area (Å²) in [5, 5.41) is 0.814. The van der Waals surface area contributed by atoms with Crippen LogP contribution in [-0.4, -0.2) is 32.8 Å². The van der Waals surface area contributed by atoms with E-state index in [4.69, 9.17) is 22.1 Å². The molecule has 1 unspecified atom stereocenters. The van der Waals surface area contributed by atoms with Crippen molar-refractivity contribution >= 4 is 17.3 Å². The van der Waals surface area contributed by atoms with Gasteiger partial charge in [-0.15, -0.1) is 0 Å². The van der Waals surface area contributed by atoms with Crippen molar-refractivity contribution in [1.29, 1.82) is 0 Å². The quantitative estimate of drug-likeness (QED) is 0.894. The Kier molecular flexibility index (Phi) is 4.26.